The minimum atomic E-state index is -0.0451. The van der Waals surface area contributed by atoms with Crippen LogP contribution in [0, 0.1) is 5.92 Å². The number of nitrogens with zero attached hydrogens (tertiary/aromatic N) is 3. The molecular weight excluding hydrogens is 524 g/mol. The van der Waals surface area contributed by atoms with Crippen LogP contribution in [0.25, 0.3) is 0 Å². The lowest BCUT2D eigenvalue weighted by Crippen LogP contribution is -2.33. The molecule has 5 rings (SSSR count). The predicted molar refractivity (Wildman–Crippen MR) is 142 cm³/mol. The van der Waals surface area contributed by atoms with E-state index in [0.717, 1.165) is 45.6 Å². The van der Waals surface area contributed by atoms with Gasteiger partial charge in [-0.05, 0) is 83.3 Å². The van der Waals surface area contributed by atoms with Crippen LogP contribution in [0.2, 0.25) is 5.02 Å². The van der Waals surface area contributed by atoms with Crippen LogP contribution in [0.5, 0.6) is 0 Å². The summed E-state index contributed by atoms with van der Waals surface area (Å²) in [5, 5.41) is 7.08. The van der Waals surface area contributed by atoms with Crippen molar-refractivity contribution in [1.82, 2.24) is 10.3 Å². The molecular formula is C24H24BrClN4S2. The average molecular weight is 548 g/mol. The highest BCUT2D eigenvalue weighted by Gasteiger charge is 2.41. The van der Waals surface area contributed by atoms with Crippen molar-refractivity contribution in [2.75, 3.05) is 22.9 Å². The SMILES string of the molecule is CC1CCN(c2ccc(N3C(=S)N[C@@H](c4ccccn4)[C@@H]3c3cc(Br)cs3)cc2Cl)CC1. The summed E-state index contributed by atoms with van der Waals surface area (Å²) in [4.78, 5) is 10.4. The van der Waals surface area contributed by atoms with Crippen LogP contribution in [0.15, 0.2) is 58.5 Å². The topological polar surface area (TPSA) is 31.4 Å². The van der Waals surface area contributed by atoms with Crippen molar-refractivity contribution in [3.8, 4) is 0 Å². The van der Waals surface area contributed by atoms with Gasteiger partial charge in [0.2, 0.25) is 0 Å². The number of thiocarbonyl (C=S) groups is 1. The molecule has 2 atom stereocenters. The summed E-state index contributed by atoms with van der Waals surface area (Å²) in [5.74, 6) is 0.784. The molecule has 2 aromatic heterocycles. The third-order valence-electron chi connectivity index (χ3n) is 6.31. The molecule has 0 aliphatic carbocycles. The normalized spacial score (nSPS) is 21.8. The molecule has 1 aromatic carbocycles. The second-order valence-corrected chi connectivity index (χ2v) is 11.1. The van der Waals surface area contributed by atoms with Crippen LogP contribution in [0.3, 0.4) is 0 Å². The monoisotopic (exact) mass is 546 g/mol. The van der Waals surface area contributed by atoms with Crippen molar-refractivity contribution < 1.29 is 0 Å². The fourth-order valence-electron chi connectivity index (χ4n) is 4.56. The van der Waals surface area contributed by atoms with Gasteiger partial charge in [0.25, 0.3) is 0 Å². The Labute approximate surface area is 211 Å². The van der Waals surface area contributed by atoms with E-state index >= 15 is 0 Å². The van der Waals surface area contributed by atoms with E-state index in [2.05, 4.69) is 72.6 Å². The van der Waals surface area contributed by atoms with Crippen LogP contribution in [0.1, 0.15) is 42.4 Å². The standard InChI is InChI=1S/C24H24BrClN4S2/c1-15-7-10-29(11-8-15)20-6-5-17(13-18(20)26)30-23(21-12-16(25)14-32-21)22(28-24(30)31)19-4-2-3-9-27-19/h2-6,9,12-15,22-23H,7-8,10-11H2,1H3,(H,28,31)/t22-,23-/m0/s1. The zero-order chi connectivity index (χ0) is 22.2. The summed E-state index contributed by atoms with van der Waals surface area (Å²) < 4.78 is 1.07. The molecule has 32 heavy (non-hydrogen) atoms. The van der Waals surface area contributed by atoms with Crippen molar-refractivity contribution in [3.05, 3.63) is 74.1 Å². The molecule has 0 spiro atoms. The summed E-state index contributed by atoms with van der Waals surface area (Å²) in [7, 11) is 0. The van der Waals surface area contributed by atoms with Crippen LogP contribution >= 0.6 is 51.1 Å². The first kappa shape index (κ1) is 22.1. The Morgan fingerprint density at radius 3 is 2.66 bits per heavy atom. The molecule has 1 N–H and O–H groups in total. The Balaban J connectivity index is 1.51. The summed E-state index contributed by atoms with van der Waals surface area (Å²) >= 11 is 18.0. The fourth-order valence-corrected chi connectivity index (χ4v) is 6.77. The maximum atomic E-state index is 6.83. The summed E-state index contributed by atoms with van der Waals surface area (Å²) in [6.45, 7) is 4.43. The molecule has 0 bridgehead atoms. The lowest BCUT2D eigenvalue weighted by atomic mass is 9.98. The van der Waals surface area contributed by atoms with Crippen LogP contribution in [-0.2, 0) is 0 Å². The van der Waals surface area contributed by atoms with Crippen molar-refractivity contribution in [2.24, 2.45) is 5.92 Å². The zero-order valence-electron chi connectivity index (χ0n) is 17.7. The number of piperidine rings is 1. The van der Waals surface area contributed by atoms with Gasteiger partial charge in [-0.3, -0.25) is 4.98 Å². The predicted octanol–water partition coefficient (Wildman–Crippen LogP) is 6.97. The quantitative estimate of drug-likeness (QED) is 0.356. The maximum Gasteiger partial charge on any atom is 0.174 e. The van der Waals surface area contributed by atoms with Gasteiger partial charge in [-0.25, -0.2) is 0 Å². The first-order valence-corrected chi connectivity index (χ1v) is 13.3. The Morgan fingerprint density at radius 1 is 1.19 bits per heavy atom. The number of thiophene rings is 1. The maximum absolute atomic E-state index is 6.83. The van der Waals surface area contributed by atoms with E-state index in [1.54, 1.807) is 11.3 Å². The molecule has 2 saturated heterocycles. The fraction of sp³-hybridized carbons (Fsp3) is 0.333. The Kier molecular flexibility index (Phi) is 6.43. The van der Waals surface area contributed by atoms with E-state index in [1.165, 1.54) is 17.7 Å². The van der Waals surface area contributed by atoms with Crippen molar-refractivity contribution in [2.45, 2.75) is 31.8 Å². The molecule has 0 radical (unpaired) electrons. The van der Waals surface area contributed by atoms with Crippen LogP contribution in [-0.4, -0.2) is 23.2 Å². The number of nitrogens with one attached hydrogen (secondary N) is 1. The molecule has 8 heteroatoms. The van der Waals surface area contributed by atoms with Gasteiger partial charge in [0.05, 0.1) is 28.5 Å². The van der Waals surface area contributed by atoms with Gasteiger partial charge in [-0.1, -0.05) is 24.6 Å². The molecule has 2 fully saturated rings. The number of rotatable bonds is 4. The smallest absolute Gasteiger partial charge is 0.174 e. The highest BCUT2D eigenvalue weighted by Crippen LogP contribution is 2.45. The van der Waals surface area contributed by atoms with E-state index in [9.17, 15) is 0 Å². The molecule has 166 valence electrons. The van der Waals surface area contributed by atoms with E-state index in [-0.39, 0.29) is 12.1 Å². The highest BCUT2D eigenvalue weighted by molar-refractivity contribution is 9.10. The lowest BCUT2D eigenvalue weighted by Gasteiger charge is -2.33. The number of anilines is 2. The van der Waals surface area contributed by atoms with Crippen molar-refractivity contribution in [1.29, 1.82) is 0 Å². The molecule has 0 saturated carbocycles. The average Bonchev–Trinajstić information content (AvgIpc) is 3.38. The minimum Gasteiger partial charge on any atom is -0.370 e. The molecule has 0 unspecified atom stereocenters. The number of pyridine rings is 1. The zero-order valence-corrected chi connectivity index (χ0v) is 21.6. The summed E-state index contributed by atoms with van der Waals surface area (Å²) in [5.41, 5.74) is 3.07. The van der Waals surface area contributed by atoms with Gasteiger partial charge >= 0.3 is 0 Å². The largest absolute Gasteiger partial charge is 0.370 e. The third kappa shape index (κ3) is 4.28. The van der Waals surface area contributed by atoms with Crippen LogP contribution in [0.4, 0.5) is 11.4 Å². The molecule has 0 amide bonds. The number of aromatic nitrogens is 1. The lowest BCUT2D eigenvalue weighted by molar-refractivity contribution is 0.438. The highest BCUT2D eigenvalue weighted by atomic mass is 79.9. The number of hydrogen-bond donors (Lipinski definition) is 1. The molecule has 2 aliphatic heterocycles. The van der Waals surface area contributed by atoms with Gasteiger partial charge in [0.15, 0.2) is 5.11 Å². The van der Waals surface area contributed by atoms with Crippen molar-refractivity contribution in [3.63, 3.8) is 0 Å². The van der Waals surface area contributed by atoms with Gasteiger partial charge < -0.3 is 15.1 Å². The first-order chi connectivity index (χ1) is 15.5. The van der Waals surface area contributed by atoms with E-state index in [0.29, 0.717) is 5.11 Å². The second-order valence-electron chi connectivity index (χ2n) is 8.47. The van der Waals surface area contributed by atoms with Gasteiger partial charge in [0.1, 0.15) is 0 Å². The van der Waals surface area contributed by atoms with E-state index in [4.69, 9.17) is 23.8 Å². The van der Waals surface area contributed by atoms with Gasteiger partial charge in [0, 0.05) is 39.7 Å². The molecule has 4 heterocycles. The third-order valence-corrected chi connectivity index (χ3v) is 8.69. The summed E-state index contributed by atoms with van der Waals surface area (Å²) in [6.07, 6.45) is 4.24. The number of hydrogen-bond acceptors (Lipinski definition) is 4. The van der Waals surface area contributed by atoms with E-state index < -0.39 is 0 Å². The summed E-state index contributed by atoms with van der Waals surface area (Å²) in [6, 6.07) is 14.5. The van der Waals surface area contributed by atoms with Crippen molar-refractivity contribution >= 4 is 67.6 Å². The van der Waals surface area contributed by atoms with Gasteiger partial charge in [-0.2, -0.15) is 0 Å². The van der Waals surface area contributed by atoms with E-state index in [1.807, 2.05) is 24.4 Å². The molecule has 2 aliphatic rings. The second kappa shape index (κ2) is 9.29. The molecule has 4 nitrogen and oxygen atoms in total. The Bertz CT molecular complexity index is 1110. The Hall–Kier alpha value is -1.67. The van der Waals surface area contributed by atoms with Gasteiger partial charge in [-0.15, -0.1) is 11.3 Å². The number of halogens is 2. The Morgan fingerprint density at radius 2 is 2.00 bits per heavy atom. The van der Waals surface area contributed by atoms with Crippen LogP contribution < -0.4 is 15.1 Å². The minimum absolute atomic E-state index is 0.00791. The number of benzene rings is 1. The first-order valence-electron chi connectivity index (χ1n) is 10.8. The molecule has 3 aromatic rings.